The van der Waals surface area contributed by atoms with Crippen molar-refractivity contribution in [1.82, 2.24) is 15.5 Å². The number of likely N-dealkylation sites (tertiary alicyclic amines) is 1. The summed E-state index contributed by atoms with van der Waals surface area (Å²) in [7, 11) is 3.45. The Kier molecular flexibility index (Phi) is 9.39. The maximum absolute atomic E-state index is 11.5. The van der Waals surface area contributed by atoms with Gasteiger partial charge in [0.2, 0.25) is 11.8 Å². The van der Waals surface area contributed by atoms with Gasteiger partial charge < -0.3 is 21.3 Å². The van der Waals surface area contributed by atoms with Gasteiger partial charge in [0.1, 0.15) is 0 Å². The number of guanidine groups is 1. The first-order valence-corrected chi connectivity index (χ1v) is 8.58. The van der Waals surface area contributed by atoms with Crippen molar-refractivity contribution >= 4 is 41.8 Å². The highest BCUT2D eigenvalue weighted by atomic mass is 127. The number of piperidine rings is 1. The summed E-state index contributed by atoms with van der Waals surface area (Å²) in [6, 6.07) is 7.23. The van der Waals surface area contributed by atoms with E-state index in [0.29, 0.717) is 24.4 Å². The summed E-state index contributed by atoms with van der Waals surface area (Å²) in [6.07, 6.45) is 2.57. The number of hydrogen-bond acceptors (Lipinski definition) is 3. The first kappa shape index (κ1) is 22.2. The Morgan fingerprint density at radius 2 is 1.85 bits per heavy atom. The van der Waals surface area contributed by atoms with Gasteiger partial charge in [0.05, 0.1) is 0 Å². The largest absolute Gasteiger partial charge is 0.366 e. The van der Waals surface area contributed by atoms with Crippen molar-refractivity contribution < 1.29 is 9.59 Å². The molecule has 2 rings (SSSR count). The van der Waals surface area contributed by atoms with Gasteiger partial charge in [-0.25, -0.2) is 0 Å². The van der Waals surface area contributed by atoms with Crippen molar-refractivity contribution in [3.05, 3.63) is 35.4 Å². The zero-order valence-electron chi connectivity index (χ0n) is 15.3. The number of rotatable bonds is 5. The molecular weight excluding hydrogens is 445 g/mol. The van der Waals surface area contributed by atoms with Crippen LogP contribution in [0.25, 0.3) is 0 Å². The molecule has 0 saturated carbocycles. The molecule has 1 heterocycles. The maximum atomic E-state index is 11.5. The second-order valence-electron chi connectivity index (χ2n) is 6.27. The second-order valence-corrected chi connectivity index (χ2v) is 6.27. The Labute approximate surface area is 171 Å². The van der Waals surface area contributed by atoms with E-state index in [0.717, 1.165) is 37.5 Å². The Bertz CT molecular complexity index is 625. The van der Waals surface area contributed by atoms with Gasteiger partial charge in [-0.05, 0) is 36.5 Å². The van der Waals surface area contributed by atoms with Gasteiger partial charge in [-0.2, -0.15) is 0 Å². The van der Waals surface area contributed by atoms with Crippen LogP contribution in [0, 0.1) is 5.92 Å². The van der Waals surface area contributed by atoms with Gasteiger partial charge in [-0.15, -0.1) is 24.0 Å². The van der Waals surface area contributed by atoms with E-state index in [1.807, 2.05) is 12.1 Å². The first-order chi connectivity index (χ1) is 12.0. The van der Waals surface area contributed by atoms with Crippen LogP contribution >= 0.6 is 24.0 Å². The van der Waals surface area contributed by atoms with E-state index in [-0.39, 0.29) is 29.9 Å². The average molecular weight is 473 g/mol. The lowest BCUT2D eigenvalue weighted by atomic mass is 9.93. The summed E-state index contributed by atoms with van der Waals surface area (Å²) in [6.45, 7) is 2.41. The van der Waals surface area contributed by atoms with Crippen molar-refractivity contribution in [1.29, 1.82) is 0 Å². The summed E-state index contributed by atoms with van der Waals surface area (Å²) < 4.78 is 0. The quantitative estimate of drug-likeness (QED) is 0.341. The molecule has 8 heteroatoms. The van der Waals surface area contributed by atoms with Gasteiger partial charge in [0.25, 0.3) is 0 Å². The number of amides is 2. The fourth-order valence-electron chi connectivity index (χ4n) is 3.01. The maximum Gasteiger partial charge on any atom is 0.248 e. The molecule has 2 amide bonds. The van der Waals surface area contributed by atoms with Gasteiger partial charge in [0.15, 0.2) is 5.96 Å². The van der Waals surface area contributed by atoms with Crippen LogP contribution in [0.4, 0.5) is 0 Å². The third-order valence-electron chi connectivity index (χ3n) is 4.57. The van der Waals surface area contributed by atoms with Crippen LogP contribution in [0.1, 0.15) is 35.2 Å². The summed E-state index contributed by atoms with van der Waals surface area (Å²) in [5.74, 6) is 0.989. The minimum absolute atomic E-state index is 0. The minimum atomic E-state index is -0.421. The molecule has 144 valence electrons. The Morgan fingerprint density at radius 1 is 1.23 bits per heavy atom. The van der Waals surface area contributed by atoms with Crippen LogP contribution in [0.3, 0.4) is 0 Å². The smallest absolute Gasteiger partial charge is 0.248 e. The molecule has 1 fully saturated rings. The van der Waals surface area contributed by atoms with Gasteiger partial charge in [-0.3, -0.25) is 14.6 Å². The molecule has 0 bridgehead atoms. The van der Waals surface area contributed by atoms with Crippen LogP contribution in [0.2, 0.25) is 0 Å². The van der Waals surface area contributed by atoms with Crippen LogP contribution in [-0.4, -0.2) is 49.9 Å². The topological polar surface area (TPSA) is 99.8 Å². The number of nitrogens with two attached hydrogens (primary N) is 1. The summed E-state index contributed by atoms with van der Waals surface area (Å²) >= 11 is 0. The lowest BCUT2D eigenvalue weighted by Gasteiger charge is -2.34. The third-order valence-corrected chi connectivity index (χ3v) is 4.57. The Hall–Kier alpha value is -1.84. The molecule has 0 atom stereocenters. The van der Waals surface area contributed by atoms with Gasteiger partial charge in [0, 0.05) is 45.7 Å². The number of primary amides is 1. The predicted molar refractivity (Wildman–Crippen MR) is 114 cm³/mol. The number of nitrogens with one attached hydrogen (secondary N) is 2. The number of benzene rings is 1. The molecule has 0 radical (unpaired) electrons. The SMILES string of the molecule is CN=C(NCc1ccc(C(N)=O)cc1)N1CCC(CC(=O)NC)CC1.I. The fourth-order valence-corrected chi connectivity index (χ4v) is 3.01. The summed E-state index contributed by atoms with van der Waals surface area (Å²) in [5, 5.41) is 6.04. The normalized spacial score (nSPS) is 15.2. The van der Waals surface area contributed by atoms with Crippen molar-refractivity contribution in [2.45, 2.75) is 25.8 Å². The second kappa shape index (κ2) is 11.0. The van der Waals surface area contributed by atoms with E-state index < -0.39 is 5.91 Å². The lowest BCUT2D eigenvalue weighted by Crippen LogP contribution is -2.45. The van der Waals surface area contributed by atoms with Crippen molar-refractivity contribution in [2.75, 3.05) is 27.2 Å². The molecule has 4 N–H and O–H groups in total. The molecular formula is C18H28IN5O2. The lowest BCUT2D eigenvalue weighted by molar-refractivity contribution is -0.121. The zero-order chi connectivity index (χ0) is 18.2. The van der Waals surface area contributed by atoms with Crippen LogP contribution in [0.15, 0.2) is 29.3 Å². The number of halogens is 1. The highest BCUT2D eigenvalue weighted by Crippen LogP contribution is 2.20. The van der Waals surface area contributed by atoms with Crippen LogP contribution < -0.4 is 16.4 Å². The molecule has 0 unspecified atom stereocenters. The molecule has 1 aliphatic heterocycles. The monoisotopic (exact) mass is 473 g/mol. The van der Waals surface area contributed by atoms with E-state index in [2.05, 4.69) is 20.5 Å². The predicted octanol–water partition coefficient (Wildman–Crippen LogP) is 1.33. The molecule has 1 aliphatic rings. The molecule has 0 aliphatic carbocycles. The van der Waals surface area contributed by atoms with E-state index in [9.17, 15) is 9.59 Å². The van der Waals surface area contributed by atoms with Gasteiger partial charge in [-0.1, -0.05) is 12.1 Å². The Morgan fingerprint density at radius 3 is 2.35 bits per heavy atom. The number of carbonyl (C=O) groups excluding carboxylic acids is 2. The molecule has 1 aromatic rings. The summed E-state index contributed by atoms with van der Waals surface area (Å²) in [5.41, 5.74) is 6.81. The molecule has 0 aromatic heterocycles. The first-order valence-electron chi connectivity index (χ1n) is 8.58. The van der Waals surface area contributed by atoms with E-state index in [1.54, 1.807) is 26.2 Å². The standard InChI is InChI=1S/C18H27N5O2.HI/c1-20-16(24)11-13-7-9-23(10-8-13)18(21-2)22-12-14-3-5-15(6-4-14)17(19)25;/h3-6,13H,7-12H2,1-2H3,(H2,19,25)(H,20,24)(H,21,22);1H. The molecule has 1 saturated heterocycles. The number of hydrogen-bond donors (Lipinski definition) is 3. The van der Waals surface area contributed by atoms with Crippen molar-refractivity contribution in [2.24, 2.45) is 16.6 Å². The number of nitrogens with zero attached hydrogens (tertiary/aromatic N) is 2. The molecule has 1 aromatic carbocycles. The van der Waals surface area contributed by atoms with Crippen LogP contribution in [-0.2, 0) is 11.3 Å². The molecule has 7 nitrogen and oxygen atoms in total. The fraction of sp³-hybridized carbons (Fsp3) is 0.500. The van der Waals surface area contributed by atoms with Crippen molar-refractivity contribution in [3.8, 4) is 0 Å². The van der Waals surface area contributed by atoms with Crippen molar-refractivity contribution in [3.63, 3.8) is 0 Å². The summed E-state index contributed by atoms with van der Waals surface area (Å²) in [4.78, 5) is 29.2. The number of aliphatic imine (C=N–C) groups is 1. The molecule has 0 spiro atoms. The van der Waals surface area contributed by atoms with E-state index >= 15 is 0 Å². The molecule has 26 heavy (non-hydrogen) atoms. The third kappa shape index (κ3) is 6.47. The minimum Gasteiger partial charge on any atom is -0.366 e. The average Bonchev–Trinajstić information content (AvgIpc) is 2.63. The number of carbonyl (C=O) groups is 2. The highest BCUT2D eigenvalue weighted by Gasteiger charge is 2.22. The zero-order valence-corrected chi connectivity index (χ0v) is 17.7. The Balaban J connectivity index is 0.00000338. The highest BCUT2D eigenvalue weighted by molar-refractivity contribution is 14.0. The van der Waals surface area contributed by atoms with E-state index in [4.69, 9.17) is 5.73 Å². The van der Waals surface area contributed by atoms with Gasteiger partial charge >= 0.3 is 0 Å². The van der Waals surface area contributed by atoms with Crippen LogP contribution in [0.5, 0.6) is 0 Å². The van der Waals surface area contributed by atoms with E-state index in [1.165, 1.54) is 0 Å².